The van der Waals surface area contributed by atoms with E-state index in [0.29, 0.717) is 16.7 Å². The number of carbonyl (C=O) groups excluding carboxylic acids is 1. The molecule has 0 N–H and O–H groups in total. The first-order valence-electron chi connectivity index (χ1n) is 6.93. The van der Waals surface area contributed by atoms with Gasteiger partial charge in [0.15, 0.2) is 0 Å². The van der Waals surface area contributed by atoms with Crippen molar-refractivity contribution in [1.29, 1.82) is 0 Å². The normalized spacial score (nSPS) is 19.9. The van der Waals surface area contributed by atoms with Crippen LogP contribution in [-0.2, 0) is 16.1 Å². The fourth-order valence-corrected chi connectivity index (χ4v) is 2.94. The van der Waals surface area contributed by atoms with Crippen LogP contribution in [0.3, 0.4) is 0 Å². The smallest absolute Gasteiger partial charge is 0.310 e. The van der Waals surface area contributed by atoms with Gasteiger partial charge in [0.25, 0.3) is 0 Å². The third-order valence-corrected chi connectivity index (χ3v) is 4.41. The lowest BCUT2D eigenvalue weighted by atomic mass is 9.97. The zero-order valence-electron chi connectivity index (χ0n) is 11.6. The molecule has 110 valence electrons. The Bertz CT molecular complexity index is 479. The summed E-state index contributed by atoms with van der Waals surface area (Å²) in [6.45, 7) is 4.69. The van der Waals surface area contributed by atoms with Crippen LogP contribution in [0.1, 0.15) is 25.3 Å². The number of hydrogen-bond acceptors (Lipinski definition) is 3. The summed E-state index contributed by atoms with van der Waals surface area (Å²) in [4.78, 5) is 14.1. The Morgan fingerprint density at radius 2 is 2.25 bits per heavy atom. The number of hydrogen-bond donors (Lipinski definition) is 0. The second kappa shape index (κ2) is 7.30. The Balaban J connectivity index is 1.99. The zero-order chi connectivity index (χ0) is 14.5. The Hall–Kier alpha value is -0.770. The minimum Gasteiger partial charge on any atom is -0.466 e. The SMILES string of the molecule is CCOC(=O)[C@@H]1CCCN(Cc2cccc(Cl)c2Cl)C1. The maximum absolute atomic E-state index is 11.8. The summed E-state index contributed by atoms with van der Waals surface area (Å²) in [6.07, 6.45) is 1.90. The molecular weight excluding hydrogens is 297 g/mol. The molecule has 2 rings (SSSR count). The van der Waals surface area contributed by atoms with Crippen molar-refractivity contribution in [3.05, 3.63) is 33.8 Å². The van der Waals surface area contributed by atoms with Crippen LogP contribution in [0.2, 0.25) is 10.0 Å². The first-order valence-corrected chi connectivity index (χ1v) is 7.69. The van der Waals surface area contributed by atoms with Crippen LogP contribution in [0.15, 0.2) is 18.2 Å². The highest BCUT2D eigenvalue weighted by Gasteiger charge is 2.27. The molecule has 0 radical (unpaired) electrons. The summed E-state index contributed by atoms with van der Waals surface area (Å²) in [7, 11) is 0. The molecule has 0 amide bonds. The molecule has 1 aliphatic rings. The summed E-state index contributed by atoms with van der Waals surface area (Å²) < 4.78 is 5.11. The molecule has 1 fully saturated rings. The molecule has 1 aromatic carbocycles. The number of rotatable bonds is 4. The molecule has 1 heterocycles. The van der Waals surface area contributed by atoms with E-state index in [9.17, 15) is 4.79 Å². The zero-order valence-corrected chi connectivity index (χ0v) is 13.1. The predicted molar refractivity (Wildman–Crippen MR) is 81.1 cm³/mol. The fraction of sp³-hybridized carbons (Fsp3) is 0.533. The van der Waals surface area contributed by atoms with Gasteiger partial charge in [0.2, 0.25) is 0 Å². The van der Waals surface area contributed by atoms with Crippen LogP contribution in [0, 0.1) is 5.92 Å². The molecule has 5 heteroatoms. The summed E-state index contributed by atoms with van der Waals surface area (Å²) in [6, 6.07) is 5.66. The second-order valence-electron chi connectivity index (χ2n) is 5.04. The predicted octanol–water partition coefficient (Wildman–Crippen LogP) is 3.77. The van der Waals surface area contributed by atoms with Crippen LogP contribution in [0.4, 0.5) is 0 Å². The summed E-state index contributed by atoms with van der Waals surface area (Å²) in [5.41, 5.74) is 1.00. The topological polar surface area (TPSA) is 29.5 Å². The molecule has 0 spiro atoms. The van der Waals surface area contributed by atoms with E-state index in [1.165, 1.54) is 0 Å². The van der Waals surface area contributed by atoms with Crippen molar-refractivity contribution < 1.29 is 9.53 Å². The van der Waals surface area contributed by atoms with Crippen molar-refractivity contribution in [2.24, 2.45) is 5.92 Å². The molecule has 20 heavy (non-hydrogen) atoms. The van der Waals surface area contributed by atoms with Crippen molar-refractivity contribution in [3.63, 3.8) is 0 Å². The third kappa shape index (κ3) is 3.87. The Kier molecular flexibility index (Phi) is 5.70. The third-order valence-electron chi connectivity index (χ3n) is 3.55. The number of carbonyl (C=O) groups is 1. The maximum atomic E-state index is 11.8. The van der Waals surface area contributed by atoms with Gasteiger partial charge >= 0.3 is 5.97 Å². The van der Waals surface area contributed by atoms with Crippen LogP contribution in [0.25, 0.3) is 0 Å². The molecule has 0 aliphatic carbocycles. The van der Waals surface area contributed by atoms with Crippen LogP contribution < -0.4 is 0 Å². The molecule has 1 saturated heterocycles. The molecule has 0 unspecified atom stereocenters. The fourth-order valence-electron chi connectivity index (χ4n) is 2.56. The number of halogens is 2. The van der Waals surface area contributed by atoms with Crippen LogP contribution in [0.5, 0.6) is 0 Å². The summed E-state index contributed by atoms with van der Waals surface area (Å²) in [5, 5.41) is 1.18. The largest absolute Gasteiger partial charge is 0.466 e. The van der Waals surface area contributed by atoms with E-state index in [0.717, 1.165) is 38.0 Å². The average Bonchev–Trinajstić information content (AvgIpc) is 2.44. The van der Waals surface area contributed by atoms with Crippen molar-refractivity contribution in [2.45, 2.75) is 26.3 Å². The van der Waals surface area contributed by atoms with Gasteiger partial charge in [-0.2, -0.15) is 0 Å². The molecule has 1 atom stereocenters. The van der Waals surface area contributed by atoms with E-state index in [2.05, 4.69) is 4.90 Å². The minimum absolute atomic E-state index is 0.0262. The van der Waals surface area contributed by atoms with Crippen LogP contribution >= 0.6 is 23.2 Å². The van der Waals surface area contributed by atoms with Gasteiger partial charge in [0.05, 0.1) is 22.6 Å². The van der Waals surface area contributed by atoms with Gasteiger partial charge in [-0.25, -0.2) is 0 Å². The van der Waals surface area contributed by atoms with Gasteiger partial charge < -0.3 is 4.74 Å². The second-order valence-corrected chi connectivity index (χ2v) is 5.82. The van der Waals surface area contributed by atoms with Crippen molar-refractivity contribution in [2.75, 3.05) is 19.7 Å². The molecule has 1 aliphatic heterocycles. The van der Waals surface area contributed by atoms with Gasteiger partial charge in [-0.1, -0.05) is 35.3 Å². The molecule has 0 aromatic heterocycles. The highest BCUT2D eigenvalue weighted by molar-refractivity contribution is 6.42. The number of esters is 1. The van der Waals surface area contributed by atoms with Crippen molar-refractivity contribution in [3.8, 4) is 0 Å². The van der Waals surface area contributed by atoms with Crippen LogP contribution in [-0.4, -0.2) is 30.6 Å². The van der Waals surface area contributed by atoms with Gasteiger partial charge in [-0.15, -0.1) is 0 Å². The van der Waals surface area contributed by atoms with Gasteiger partial charge in [0, 0.05) is 13.1 Å². The number of nitrogens with zero attached hydrogens (tertiary/aromatic N) is 1. The Labute approximate surface area is 129 Å². The Morgan fingerprint density at radius 3 is 3.00 bits per heavy atom. The highest BCUT2D eigenvalue weighted by Crippen LogP contribution is 2.28. The molecule has 1 aromatic rings. The molecule has 3 nitrogen and oxygen atoms in total. The molecular formula is C15H19Cl2NO2. The number of piperidine rings is 1. The van der Waals surface area contributed by atoms with E-state index < -0.39 is 0 Å². The van der Waals surface area contributed by atoms with Crippen molar-refractivity contribution >= 4 is 29.2 Å². The lowest BCUT2D eigenvalue weighted by Crippen LogP contribution is -2.39. The minimum atomic E-state index is -0.0885. The first kappa shape index (κ1) is 15.6. The van der Waals surface area contributed by atoms with E-state index >= 15 is 0 Å². The van der Waals surface area contributed by atoms with E-state index in [1.807, 2.05) is 19.1 Å². The van der Waals surface area contributed by atoms with E-state index in [-0.39, 0.29) is 11.9 Å². The highest BCUT2D eigenvalue weighted by atomic mass is 35.5. The summed E-state index contributed by atoms with van der Waals surface area (Å²) in [5.74, 6) is -0.115. The van der Waals surface area contributed by atoms with Gasteiger partial charge in [-0.3, -0.25) is 9.69 Å². The Morgan fingerprint density at radius 1 is 1.45 bits per heavy atom. The standard InChI is InChI=1S/C15H19Cl2NO2/c1-2-20-15(19)12-6-4-8-18(10-12)9-11-5-3-7-13(16)14(11)17/h3,5,7,12H,2,4,6,8-10H2,1H3/t12-/m1/s1. The van der Waals surface area contributed by atoms with Crippen molar-refractivity contribution in [1.82, 2.24) is 4.90 Å². The quantitative estimate of drug-likeness (QED) is 0.792. The van der Waals surface area contributed by atoms with Gasteiger partial charge in [-0.05, 0) is 37.9 Å². The maximum Gasteiger partial charge on any atom is 0.310 e. The molecule has 0 saturated carbocycles. The van der Waals surface area contributed by atoms with E-state index in [4.69, 9.17) is 27.9 Å². The monoisotopic (exact) mass is 315 g/mol. The first-order chi connectivity index (χ1) is 9.61. The summed E-state index contributed by atoms with van der Waals surface area (Å²) >= 11 is 12.2. The number of benzene rings is 1. The van der Waals surface area contributed by atoms with E-state index in [1.54, 1.807) is 6.07 Å². The number of likely N-dealkylation sites (tertiary alicyclic amines) is 1. The average molecular weight is 316 g/mol. The molecule has 0 bridgehead atoms. The lowest BCUT2D eigenvalue weighted by Gasteiger charge is -2.31. The lowest BCUT2D eigenvalue weighted by molar-refractivity contribution is -0.150. The van der Waals surface area contributed by atoms with Gasteiger partial charge in [0.1, 0.15) is 0 Å². The number of ether oxygens (including phenoxy) is 1.